The summed E-state index contributed by atoms with van der Waals surface area (Å²) in [5.41, 5.74) is 6.47. The predicted octanol–water partition coefficient (Wildman–Crippen LogP) is 1.53. The minimum absolute atomic E-state index is 0.0227. The molecule has 1 rings (SSSR count). The summed E-state index contributed by atoms with van der Waals surface area (Å²) in [4.78, 5) is 0.0472. The van der Waals surface area contributed by atoms with Gasteiger partial charge in [0.1, 0.15) is 0 Å². The molecule has 0 spiro atoms. The van der Waals surface area contributed by atoms with Crippen LogP contribution in [0.1, 0.15) is 19.4 Å². The largest absolute Gasteiger partial charge is 0.397 e. The molecule has 0 heterocycles. The number of nitrogen functional groups attached to an aromatic ring is 1. The highest BCUT2D eigenvalue weighted by Gasteiger charge is 2.23. The summed E-state index contributed by atoms with van der Waals surface area (Å²) in [5, 5.41) is 9.54. The summed E-state index contributed by atoms with van der Waals surface area (Å²) in [6, 6.07) is 2.23. The van der Waals surface area contributed by atoms with Crippen molar-refractivity contribution in [3.63, 3.8) is 0 Å². The van der Waals surface area contributed by atoms with Crippen LogP contribution in [0.4, 0.5) is 5.69 Å². The zero-order chi connectivity index (χ0) is 14.8. The fourth-order valence-corrected chi connectivity index (χ4v) is 3.17. The number of hydrogen-bond donors (Lipinski definition) is 3. The van der Waals surface area contributed by atoms with Gasteiger partial charge in [0.25, 0.3) is 0 Å². The number of halogens is 1. The number of aryl methyl sites for hydroxylation is 1. The molecule has 1 aromatic rings. The van der Waals surface area contributed by atoms with E-state index < -0.39 is 16.1 Å². The highest BCUT2D eigenvalue weighted by Crippen LogP contribution is 2.27. The summed E-state index contributed by atoms with van der Waals surface area (Å²) < 4.78 is 26.9. The topological polar surface area (TPSA) is 92.4 Å². The number of aliphatic hydroxyl groups excluding tert-OH is 1. The molecule has 19 heavy (non-hydrogen) atoms. The first-order valence-corrected chi connectivity index (χ1v) is 7.74. The Labute approximate surface area is 118 Å². The Hall–Kier alpha value is -0.820. The van der Waals surface area contributed by atoms with Crippen molar-refractivity contribution in [2.24, 2.45) is 5.92 Å². The summed E-state index contributed by atoms with van der Waals surface area (Å²) in [6.45, 7) is 5.07. The second kappa shape index (κ2) is 6.09. The quantitative estimate of drug-likeness (QED) is 0.719. The van der Waals surface area contributed by atoms with Crippen molar-refractivity contribution in [3.05, 3.63) is 22.7 Å². The molecule has 108 valence electrons. The van der Waals surface area contributed by atoms with Crippen LogP contribution in [0.15, 0.2) is 17.0 Å². The number of aliphatic hydroxyl groups is 1. The minimum atomic E-state index is -3.73. The van der Waals surface area contributed by atoms with E-state index in [1.807, 2.05) is 13.8 Å². The van der Waals surface area contributed by atoms with Crippen molar-refractivity contribution in [1.82, 2.24) is 4.72 Å². The van der Waals surface area contributed by atoms with Crippen LogP contribution in [0.3, 0.4) is 0 Å². The second-order valence-corrected chi connectivity index (χ2v) is 6.89. The summed E-state index contributed by atoms with van der Waals surface area (Å²) in [6.07, 6.45) is 0. The molecule has 4 N–H and O–H groups in total. The van der Waals surface area contributed by atoms with E-state index >= 15 is 0 Å². The number of benzene rings is 1. The lowest BCUT2D eigenvalue weighted by molar-refractivity contribution is 0.227. The monoisotopic (exact) mass is 306 g/mol. The molecule has 0 saturated carbocycles. The fraction of sp³-hybridized carbons (Fsp3) is 0.500. The van der Waals surface area contributed by atoms with E-state index in [4.69, 9.17) is 17.3 Å². The maximum absolute atomic E-state index is 12.2. The van der Waals surface area contributed by atoms with Gasteiger partial charge in [-0.1, -0.05) is 25.4 Å². The van der Waals surface area contributed by atoms with Crippen LogP contribution in [0.5, 0.6) is 0 Å². The summed E-state index contributed by atoms with van der Waals surface area (Å²) in [7, 11) is -3.73. The molecule has 1 atom stereocenters. The Morgan fingerprint density at radius 2 is 2.00 bits per heavy atom. The molecular formula is C12H19ClN2O3S. The molecule has 0 bridgehead atoms. The Kier molecular flexibility index (Phi) is 5.20. The standard InChI is InChI=1S/C12H19ClN2O3S/c1-7(2)11(6-16)15-19(17,18)9-4-8(3)12(13)10(14)5-9/h4-5,7,11,15-16H,6,14H2,1-3H3/t11-/m1/s1. The smallest absolute Gasteiger partial charge is 0.240 e. The van der Waals surface area contributed by atoms with Crippen molar-refractivity contribution in [2.45, 2.75) is 31.7 Å². The molecule has 0 aliphatic rings. The predicted molar refractivity (Wildman–Crippen MR) is 76.6 cm³/mol. The maximum atomic E-state index is 12.2. The third kappa shape index (κ3) is 3.82. The maximum Gasteiger partial charge on any atom is 0.240 e. The first-order chi connectivity index (χ1) is 8.69. The number of nitrogens with one attached hydrogen (secondary N) is 1. The van der Waals surface area contributed by atoms with E-state index in [1.165, 1.54) is 12.1 Å². The number of hydrogen-bond acceptors (Lipinski definition) is 4. The molecule has 0 aromatic heterocycles. The number of rotatable bonds is 5. The van der Waals surface area contributed by atoms with E-state index in [2.05, 4.69) is 4.72 Å². The molecular weight excluding hydrogens is 288 g/mol. The second-order valence-electron chi connectivity index (χ2n) is 4.80. The minimum Gasteiger partial charge on any atom is -0.397 e. The third-order valence-electron chi connectivity index (χ3n) is 2.87. The van der Waals surface area contributed by atoms with Crippen molar-refractivity contribution in [1.29, 1.82) is 0 Å². The Bertz CT molecular complexity index is 535. The normalized spacial score (nSPS) is 13.8. The summed E-state index contributed by atoms with van der Waals surface area (Å²) >= 11 is 5.90. The number of anilines is 1. The first-order valence-electron chi connectivity index (χ1n) is 5.88. The average molecular weight is 307 g/mol. The van der Waals surface area contributed by atoms with Crippen LogP contribution in [0, 0.1) is 12.8 Å². The van der Waals surface area contributed by atoms with Crippen molar-refractivity contribution in [3.8, 4) is 0 Å². The highest BCUT2D eigenvalue weighted by molar-refractivity contribution is 7.89. The van der Waals surface area contributed by atoms with Gasteiger partial charge in [0.2, 0.25) is 10.0 Å². The lowest BCUT2D eigenvalue weighted by atomic mass is 10.1. The van der Waals surface area contributed by atoms with Crippen LogP contribution < -0.4 is 10.5 Å². The molecule has 0 saturated heterocycles. The van der Waals surface area contributed by atoms with Crippen LogP contribution in [0.25, 0.3) is 0 Å². The third-order valence-corrected chi connectivity index (χ3v) is 4.86. The molecule has 0 fully saturated rings. The van der Waals surface area contributed by atoms with Crippen LogP contribution in [-0.4, -0.2) is 26.2 Å². The lowest BCUT2D eigenvalue weighted by Crippen LogP contribution is -2.41. The van der Waals surface area contributed by atoms with Gasteiger partial charge in [0, 0.05) is 6.04 Å². The van der Waals surface area contributed by atoms with E-state index in [0.29, 0.717) is 10.6 Å². The van der Waals surface area contributed by atoms with Gasteiger partial charge in [-0.15, -0.1) is 0 Å². The Morgan fingerprint density at radius 1 is 1.42 bits per heavy atom. The number of nitrogens with two attached hydrogens (primary N) is 1. The van der Waals surface area contributed by atoms with Gasteiger partial charge in [-0.05, 0) is 30.5 Å². The van der Waals surface area contributed by atoms with E-state index in [9.17, 15) is 13.5 Å². The van der Waals surface area contributed by atoms with Gasteiger partial charge in [0.05, 0.1) is 22.2 Å². The molecule has 1 aromatic carbocycles. The first kappa shape index (κ1) is 16.2. The lowest BCUT2D eigenvalue weighted by Gasteiger charge is -2.20. The zero-order valence-electron chi connectivity index (χ0n) is 11.1. The molecule has 0 amide bonds. The number of sulfonamides is 1. The molecule has 0 aliphatic carbocycles. The van der Waals surface area contributed by atoms with Gasteiger partial charge >= 0.3 is 0 Å². The summed E-state index contributed by atoms with van der Waals surface area (Å²) in [5.74, 6) is -0.0227. The Balaban J connectivity index is 3.14. The molecule has 0 radical (unpaired) electrons. The zero-order valence-corrected chi connectivity index (χ0v) is 12.7. The van der Waals surface area contributed by atoms with E-state index in [0.717, 1.165) is 0 Å². The average Bonchev–Trinajstić information content (AvgIpc) is 2.32. The highest BCUT2D eigenvalue weighted by atomic mass is 35.5. The SMILES string of the molecule is Cc1cc(S(=O)(=O)N[C@H](CO)C(C)C)cc(N)c1Cl. The molecule has 0 unspecified atom stereocenters. The van der Waals surface area contributed by atoms with Crippen molar-refractivity contribution >= 4 is 27.3 Å². The molecule has 0 aliphatic heterocycles. The van der Waals surface area contributed by atoms with E-state index in [1.54, 1.807) is 6.92 Å². The molecule has 7 heteroatoms. The van der Waals surface area contributed by atoms with Crippen LogP contribution >= 0.6 is 11.6 Å². The van der Waals surface area contributed by atoms with Crippen molar-refractivity contribution < 1.29 is 13.5 Å². The van der Waals surface area contributed by atoms with Gasteiger partial charge < -0.3 is 10.8 Å². The fourth-order valence-electron chi connectivity index (χ4n) is 1.57. The van der Waals surface area contributed by atoms with Crippen molar-refractivity contribution in [2.75, 3.05) is 12.3 Å². The van der Waals surface area contributed by atoms with Gasteiger partial charge in [-0.25, -0.2) is 13.1 Å². The Morgan fingerprint density at radius 3 is 2.42 bits per heavy atom. The van der Waals surface area contributed by atoms with Gasteiger partial charge in [-0.3, -0.25) is 0 Å². The van der Waals surface area contributed by atoms with Crippen LogP contribution in [-0.2, 0) is 10.0 Å². The van der Waals surface area contributed by atoms with Crippen LogP contribution in [0.2, 0.25) is 5.02 Å². The van der Waals surface area contributed by atoms with E-state index in [-0.39, 0.29) is 23.1 Å². The van der Waals surface area contributed by atoms with Gasteiger partial charge in [-0.2, -0.15) is 0 Å². The molecule has 5 nitrogen and oxygen atoms in total. The van der Waals surface area contributed by atoms with Gasteiger partial charge in [0.15, 0.2) is 0 Å².